The average molecular weight is 190 g/mol. The number of aromatic hydroxyl groups is 1. The van der Waals surface area contributed by atoms with Gasteiger partial charge in [0.2, 0.25) is 0 Å². The van der Waals surface area contributed by atoms with Crippen molar-refractivity contribution >= 4 is 0 Å². The number of rotatable bonds is 2. The van der Waals surface area contributed by atoms with E-state index in [1.165, 1.54) is 0 Å². The number of ether oxygens (including phenoxy) is 1. The summed E-state index contributed by atoms with van der Waals surface area (Å²) >= 11 is 0. The third-order valence-corrected chi connectivity index (χ3v) is 2.04. The Hall–Kier alpha value is -1.90. The molecule has 0 radical (unpaired) electrons. The minimum Gasteiger partial charge on any atom is -0.507 e. The van der Waals surface area contributed by atoms with Gasteiger partial charge in [-0.1, -0.05) is 0 Å². The monoisotopic (exact) mass is 190 g/mol. The molecule has 0 spiro atoms. The van der Waals surface area contributed by atoms with Gasteiger partial charge in [-0.25, -0.2) is 0 Å². The molecule has 0 aliphatic rings. The minimum atomic E-state index is 0.186. The predicted octanol–water partition coefficient (Wildman–Crippen LogP) is 2.66. The lowest BCUT2D eigenvalue weighted by Crippen LogP contribution is -1.83. The van der Waals surface area contributed by atoms with Crippen LogP contribution in [0.4, 0.5) is 0 Å². The maximum Gasteiger partial charge on any atom is 0.127 e. The van der Waals surface area contributed by atoms with E-state index in [9.17, 15) is 5.11 Å². The van der Waals surface area contributed by atoms with Crippen LogP contribution in [0.2, 0.25) is 0 Å². The number of hydrogen-bond acceptors (Lipinski definition) is 3. The fraction of sp³-hybridized carbons (Fsp3) is 0.0909. The Balaban J connectivity index is 2.46. The maximum atomic E-state index is 9.67. The van der Waals surface area contributed by atoms with E-state index in [1.807, 2.05) is 0 Å². The Bertz CT molecular complexity index is 418. The lowest BCUT2D eigenvalue weighted by Gasteiger charge is -2.04. The zero-order valence-electron chi connectivity index (χ0n) is 7.73. The Labute approximate surface area is 81.6 Å². The first kappa shape index (κ1) is 8.69. The molecule has 14 heavy (non-hydrogen) atoms. The smallest absolute Gasteiger partial charge is 0.127 e. The van der Waals surface area contributed by atoms with Crippen molar-refractivity contribution in [3.05, 3.63) is 36.8 Å². The Morgan fingerprint density at radius 2 is 2.14 bits per heavy atom. The number of phenolic OH excluding ortho intramolecular Hbond substituents is 1. The fourth-order valence-corrected chi connectivity index (χ4v) is 1.30. The van der Waals surface area contributed by atoms with Crippen LogP contribution in [-0.4, -0.2) is 12.2 Å². The highest BCUT2D eigenvalue weighted by Crippen LogP contribution is 2.32. The number of benzene rings is 1. The molecule has 1 aromatic carbocycles. The summed E-state index contributed by atoms with van der Waals surface area (Å²) in [5.41, 5.74) is 1.59. The summed E-state index contributed by atoms with van der Waals surface area (Å²) in [5.74, 6) is 0.820. The largest absolute Gasteiger partial charge is 0.507 e. The average Bonchev–Trinajstić information content (AvgIpc) is 2.70. The third kappa shape index (κ3) is 1.44. The lowest BCUT2D eigenvalue weighted by molar-refractivity contribution is 0.408. The van der Waals surface area contributed by atoms with E-state index in [1.54, 1.807) is 43.9 Å². The van der Waals surface area contributed by atoms with Gasteiger partial charge in [0.05, 0.1) is 19.6 Å². The van der Waals surface area contributed by atoms with Crippen molar-refractivity contribution in [2.45, 2.75) is 0 Å². The van der Waals surface area contributed by atoms with Gasteiger partial charge < -0.3 is 14.3 Å². The van der Waals surface area contributed by atoms with Crippen molar-refractivity contribution in [3.8, 4) is 22.6 Å². The molecular formula is C11H10O3. The highest BCUT2D eigenvalue weighted by atomic mass is 16.5. The molecule has 2 rings (SSSR count). The quantitative estimate of drug-likeness (QED) is 0.791. The highest BCUT2D eigenvalue weighted by molar-refractivity contribution is 5.70. The van der Waals surface area contributed by atoms with Crippen LogP contribution in [0.3, 0.4) is 0 Å². The Kier molecular flexibility index (Phi) is 2.14. The summed E-state index contributed by atoms with van der Waals surface area (Å²) in [5, 5.41) is 9.67. The summed E-state index contributed by atoms with van der Waals surface area (Å²) in [7, 11) is 1.56. The van der Waals surface area contributed by atoms with Gasteiger partial charge in [0.25, 0.3) is 0 Å². The first-order valence-corrected chi connectivity index (χ1v) is 4.21. The summed E-state index contributed by atoms with van der Waals surface area (Å²) in [6.45, 7) is 0. The second-order valence-corrected chi connectivity index (χ2v) is 2.90. The van der Waals surface area contributed by atoms with Gasteiger partial charge in [0, 0.05) is 17.2 Å². The Morgan fingerprint density at radius 3 is 2.71 bits per heavy atom. The molecule has 72 valence electrons. The van der Waals surface area contributed by atoms with Gasteiger partial charge in [-0.05, 0) is 18.2 Å². The van der Waals surface area contributed by atoms with Gasteiger partial charge in [-0.2, -0.15) is 0 Å². The second kappa shape index (κ2) is 3.46. The first-order valence-electron chi connectivity index (χ1n) is 4.21. The number of methoxy groups -OCH3 is 1. The third-order valence-electron chi connectivity index (χ3n) is 2.04. The lowest BCUT2D eigenvalue weighted by atomic mass is 10.1. The predicted molar refractivity (Wildman–Crippen MR) is 52.4 cm³/mol. The molecule has 3 nitrogen and oxygen atoms in total. The van der Waals surface area contributed by atoms with E-state index in [2.05, 4.69) is 0 Å². The molecule has 0 aliphatic heterocycles. The van der Waals surface area contributed by atoms with E-state index < -0.39 is 0 Å². The van der Waals surface area contributed by atoms with E-state index >= 15 is 0 Å². The number of hydrogen-bond donors (Lipinski definition) is 1. The van der Waals surface area contributed by atoms with Crippen LogP contribution in [0.25, 0.3) is 11.1 Å². The van der Waals surface area contributed by atoms with Crippen molar-refractivity contribution in [1.82, 2.24) is 0 Å². The van der Waals surface area contributed by atoms with Crippen molar-refractivity contribution in [1.29, 1.82) is 0 Å². The van der Waals surface area contributed by atoms with Crippen molar-refractivity contribution in [2.24, 2.45) is 0 Å². The van der Waals surface area contributed by atoms with Crippen LogP contribution in [-0.2, 0) is 0 Å². The van der Waals surface area contributed by atoms with Crippen LogP contribution in [0.5, 0.6) is 11.5 Å². The van der Waals surface area contributed by atoms with E-state index in [0.717, 1.165) is 11.1 Å². The molecule has 0 saturated carbocycles. The molecule has 1 aromatic heterocycles. The highest BCUT2D eigenvalue weighted by Gasteiger charge is 2.06. The molecule has 0 saturated heterocycles. The zero-order valence-corrected chi connectivity index (χ0v) is 7.73. The first-order chi connectivity index (χ1) is 6.81. The van der Waals surface area contributed by atoms with Crippen molar-refractivity contribution in [3.63, 3.8) is 0 Å². The van der Waals surface area contributed by atoms with Crippen LogP contribution < -0.4 is 4.74 Å². The SMILES string of the molecule is COc1ccc(-c2ccoc2)c(O)c1. The molecule has 0 unspecified atom stereocenters. The molecule has 0 bridgehead atoms. The van der Waals surface area contributed by atoms with Gasteiger partial charge in [0.15, 0.2) is 0 Å². The molecule has 3 heteroatoms. The molecule has 0 aliphatic carbocycles. The molecule has 0 fully saturated rings. The van der Waals surface area contributed by atoms with Gasteiger partial charge in [-0.3, -0.25) is 0 Å². The van der Waals surface area contributed by atoms with Crippen LogP contribution >= 0.6 is 0 Å². The fourth-order valence-electron chi connectivity index (χ4n) is 1.30. The minimum absolute atomic E-state index is 0.186. The summed E-state index contributed by atoms with van der Waals surface area (Å²) in [6.07, 6.45) is 3.15. The number of furan rings is 1. The molecule has 1 N–H and O–H groups in total. The zero-order chi connectivity index (χ0) is 9.97. The topological polar surface area (TPSA) is 42.6 Å². The van der Waals surface area contributed by atoms with E-state index in [0.29, 0.717) is 5.75 Å². The van der Waals surface area contributed by atoms with Crippen molar-refractivity contribution in [2.75, 3.05) is 7.11 Å². The van der Waals surface area contributed by atoms with Gasteiger partial charge >= 0.3 is 0 Å². The standard InChI is InChI=1S/C11H10O3/c1-13-9-2-3-10(11(12)6-9)8-4-5-14-7-8/h2-7,12H,1H3. The van der Waals surface area contributed by atoms with E-state index in [-0.39, 0.29) is 5.75 Å². The molecule has 0 atom stereocenters. The molecule has 1 heterocycles. The number of phenols is 1. The summed E-state index contributed by atoms with van der Waals surface area (Å²) in [4.78, 5) is 0. The normalized spacial score (nSPS) is 10.1. The molecular weight excluding hydrogens is 180 g/mol. The summed E-state index contributed by atoms with van der Waals surface area (Å²) < 4.78 is 9.92. The van der Waals surface area contributed by atoms with Crippen molar-refractivity contribution < 1.29 is 14.3 Å². The molecule has 0 amide bonds. The second-order valence-electron chi connectivity index (χ2n) is 2.90. The van der Waals surface area contributed by atoms with E-state index in [4.69, 9.17) is 9.15 Å². The van der Waals surface area contributed by atoms with Crippen LogP contribution in [0, 0.1) is 0 Å². The van der Waals surface area contributed by atoms with Crippen LogP contribution in [0.15, 0.2) is 41.2 Å². The Morgan fingerprint density at radius 1 is 1.29 bits per heavy atom. The van der Waals surface area contributed by atoms with Gasteiger partial charge in [0.1, 0.15) is 11.5 Å². The van der Waals surface area contributed by atoms with Crippen LogP contribution in [0.1, 0.15) is 0 Å². The maximum absolute atomic E-state index is 9.67. The summed E-state index contributed by atoms with van der Waals surface area (Å²) in [6, 6.07) is 6.95. The molecule has 2 aromatic rings. The van der Waals surface area contributed by atoms with Gasteiger partial charge in [-0.15, -0.1) is 0 Å².